The minimum absolute atomic E-state index is 0.0134. The molecule has 0 bridgehead atoms. The molecule has 5 heteroatoms. The van der Waals surface area contributed by atoms with Gasteiger partial charge in [-0.25, -0.2) is 0 Å². The van der Waals surface area contributed by atoms with Crippen molar-refractivity contribution in [2.45, 2.75) is 25.0 Å². The van der Waals surface area contributed by atoms with Gasteiger partial charge in [0.1, 0.15) is 0 Å². The average Bonchev–Trinajstić information content (AvgIpc) is 3.14. The third kappa shape index (κ3) is 3.68. The smallest absolute Gasteiger partial charge is 0.212 e. The zero-order valence-corrected chi connectivity index (χ0v) is 22.4. The normalized spacial score (nSPS) is 18.3. The number of ether oxygens (including phenoxy) is 2. The molecule has 2 aliphatic heterocycles. The van der Waals surface area contributed by atoms with Crippen LogP contribution in [0.4, 0.5) is 5.69 Å². The second kappa shape index (κ2) is 8.98. The van der Waals surface area contributed by atoms with E-state index in [1.54, 1.807) is 25.3 Å². The third-order valence-electron chi connectivity index (χ3n) is 8.07. The molecule has 6 rings (SSSR count). The van der Waals surface area contributed by atoms with E-state index in [1.165, 1.54) is 0 Å². The van der Waals surface area contributed by atoms with Gasteiger partial charge in [-0.2, -0.15) is 0 Å². The first-order chi connectivity index (χ1) is 18.8. The zero-order chi connectivity index (χ0) is 27.4. The molecule has 4 aromatic rings. The lowest BCUT2D eigenvalue weighted by molar-refractivity contribution is 0.0551. The summed E-state index contributed by atoms with van der Waals surface area (Å²) in [5, 5.41) is 0. The van der Waals surface area contributed by atoms with E-state index >= 15 is 0 Å². The maximum atomic E-state index is 13.2. The van der Waals surface area contributed by atoms with Crippen LogP contribution in [0, 0.1) is 0 Å². The molecule has 1 atom stereocenters. The van der Waals surface area contributed by atoms with Gasteiger partial charge in [-0.3, -0.25) is 9.59 Å². The van der Waals surface area contributed by atoms with E-state index in [9.17, 15) is 9.59 Å². The van der Waals surface area contributed by atoms with Gasteiger partial charge in [-0.05, 0) is 61.9 Å². The molecule has 4 aromatic carbocycles. The van der Waals surface area contributed by atoms with E-state index in [-0.39, 0.29) is 11.6 Å². The lowest BCUT2D eigenvalue weighted by atomic mass is 9.75. The molecule has 0 aromatic heterocycles. The Balaban J connectivity index is 1.40. The molecule has 194 valence electrons. The molecule has 0 fully saturated rings. The SMILES string of the molecule is COc1cc(C(=O)c2ccccc2)cc2c1OC1(C=C2)N(C)c2ccc(C(=O)c3ccccc3)cc2C1(C)C. The third-order valence-corrected chi connectivity index (χ3v) is 8.07. The second-order valence-corrected chi connectivity index (χ2v) is 10.5. The number of fused-ring (bicyclic) bond motifs is 2. The van der Waals surface area contributed by atoms with Crippen molar-refractivity contribution in [3.8, 4) is 11.5 Å². The van der Waals surface area contributed by atoms with Crippen molar-refractivity contribution in [3.63, 3.8) is 0 Å². The van der Waals surface area contributed by atoms with Gasteiger partial charge in [0.25, 0.3) is 0 Å². The van der Waals surface area contributed by atoms with E-state index in [0.717, 1.165) is 16.8 Å². The Kier molecular flexibility index (Phi) is 5.69. The predicted molar refractivity (Wildman–Crippen MR) is 153 cm³/mol. The van der Waals surface area contributed by atoms with Crippen molar-refractivity contribution in [1.82, 2.24) is 0 Å². The van der Waals surface area contributed by atoms with Gasteiger partial charge in [0.2, 0.25) is 5.72 Å². The number of rotatable bonds is 5. The minimum Gasteiger partial charge on any atom is -0.493 e. The molecule has 0 saturated carbocycles. The molecular formula is C34H29NO4. The average molecular weight is 516 g/mol. The van der Waals surface area contributed by atoms with Crippen molar-refractivity contribution in [1.29, 1.82) is 0 Å². The Hall–Kier alpha value is -4.64. The van der Waals surface area contributed by atoms with Crippen LogP contribution in [0.15, 0.2) is 97.1 Å². The minimum atomic E-state index is -0.866. The van der Waals surface area contributed by atoms with Crippen molar-refractivity contribution in [2.75, 3.05) is 19.1 Å². The molecular weight excluding hydrogens is 486 g/mol. The van der Waals surface area contributed by atoms with Gasteiger partial charge in [0, 0.05) is 40.6 Å². The molecule has 5 nitrogen and oxygen atoms in total. The van der Waals surface area contributed by atoms with Crippen molar-refractivity contribution < 1.29 is 19.1 Å². The number of ketones is 2. The topological polar surface area (TPSA) is 55.8 Å². The highest BCUT2D eigenvalue weighted by Crippen LogP contribution is 2.55. The van der Waals surface area contributed by atoms with Crippen LogP contribution in [0.2, 0.25) is 0 Å². The molecule has 1 unspecified atom stereocenters. The fourth-order valence-electron chi connectivity index (χ4n) is 5.82. The van der Waals surface area contributed by atoms with Crippen LogP contribution >= 0.6 is 0 Å². The lowest BCUT2D eigenvalue weighted by Gasteiger charge is -2.46. The maximum Gasteiger partial charge on any atom is 0.212 e. The van der Waals surface area contributed by atoms with Crippen LogP contribution in [-0.4, -0.2) is 31.4 Å². The second-order valence-electron chi connectivity index (χ2n) is 10.5. The zero-order valence-electron chi connectivity index (χ0n) is 22.4. The summed E-state index contributed by atoms with van der Waals surface area (Å²) in [5.74, 6) is 0.987. The van der Waals surface area contributed by atoms with Crippen molar-refractivity contribution >= 4 is 23.3 Å². The van der Waals surface area contributed by atoms with Crippen molar-refractivity contribution in [2.24, 2.45) is 0 Å². The quantitative estimate of drug-likeness (QED) is 0.277. The first-order valence-corrected chi connectivity index (χ1v) is 12.9. The molecule has 0 radical (unpaired) electrons. The number of benzene rings is 4. The lowest BCUT2D eigenvalue weighted by Crippen LogP contribution is -2.58. The molecule has 0 saturated heterocycles. The maximum absolute atomic E-state index is 13.2. The summed E-state index contributed by atoms with van der Waals surface area (Å²) in [7, 11) is 3.59. The van der Waals surface area contributed by atoms with E-state index < -0.39 is 11.1 Å². The number of carbonyl (C=O) groups excluding carboxylic acids is 2. The number of hydrogen-bond acceptors (Lipinski definition) is 5. The number of hydrogen-bond donors (Lipinski definition) is 0. The van der Waals surface area contributed by atoms with Crippen LogP contribution in [0.3, 0.4) is 0 Å². The van der Waals surface area contributed by atoms with Crippen molar-refractivity contribution in [3.05, 3.63) is 130 Å². The molecule has 0 aliphatic carbocycles. The Morgan fingerprint density at radius 3 is 2.00 bits per heavy atom. The van der Waals surface area contributed by atoms with Crippen LogP contribution in [-0.2, 0) is 5.41 Å². The monoisotopic (exact) mass is 515 g/mol. The van der Waals surface area contributed by atoms with Gasteiger partial charge in [0.05, 0.1) is 12.5 Å². The number of anilines is 1. The highest BCUT2D eigenvalue weighted by Gasteiger charge is 2.58. The predicted octanol–water partition coefficient (Wildman–Crippen LogP) is 6.69. The van der Waals surface area contributed by atoms with Gasteiger partial charge in [0.15, 0.2) is 23.1 Å². The van der Waals surface area contributed by atoms with E-state index in [2.05, 4.69) is 18.7 Å². The van der Waals surface area contributed by atoms with Gasteiger partial charge in [-0.15, -0.1) is 0 Å². The Morgan fingerprint density at radius 2 is 1.38 bits per heavy atom. The molecule has 2 aliphatic rings. The standard InChI is InChI=1S/C34H29NO4/c1-33(2)27-20-24(30(36)22-11-7-5-8-12-22)15-16-28(27)35(3)34(33)18-17-25-19-26(21-29(38-4)32(25)39-34)31(37)23-13-9-6-10-14-23/h5-21H,1-4H3. The fourth-order valence-corrected chi connectivity index (χ4v) is 5.82. The summed E-state index contributed by atoms with van der Waals surface area (Å²) < 4.78 is 12.6. The van der Waals surface area contributed by atoms with Gasteiger partial charge in [-0.1, -0.05) is 60.7 Å². The summed E-state index contributed by atoms with van der Waals surface area (Å²) in [6.45, 7) is 4.25. The number of nitrogens with zero attached hydrogens (tertiary/aromatic N) is 1. The summed E-state index contributed by atoms with van der Waals surface area (Å²) in [6, 6.07) is 28.0. The van der Waals surface area contributed by atoms with Crippen LogP contribution in [0.1, 0.15) is 56.8 Å². The Morgan fingerprint density at radius 1 is 0.769 bits per heavy atom. The number of likely N-dealkylation sites (N-methyl/N-ethyl adjacent to an activating group) is 1. The Labute approximate surface area is 228 Å². The summed E-state index contributed by atoms with van der Waals surface area (Å²) in [4.78, 5) is 28.5. The highest BCUT2D eigenvalue weighted by molar-refractivity contribution is 6.10. The van der Waals surface area contributed by atoms with Gasteiger partial charge >= 0.3 is 0 Å². The molecule has 0 amide bonds. The van der Waals surface area contributed by atoms with Gasteiger partial charge < -0.3 is 14.4 Å². The first kappa shape index (κ1) is 24.7. The molecule has 39 heavy (non-hydrogen) atoms. The highest BCUT2D eigenvalue weighted by atomic mass is 16.5. The fraction of sp³-hybridized carbons (Fsp3) is 0.176. The van der Waals surface area contributed by atoms with Crippen LogP contribution < -0.4 is 14.4 Å². The van der Waals surface area contributed by atoms with Crippen LogP contribution in [0.5, 0.6) is 11.5 Å². The molecule has 0 N–H and O–H groups in total. The van der Waals surface area contributed by atoms with Crippen LogP contribution in [0.25, 0.3) is 6.08 Å². The number of methoxy groups -OCH3 is 1. The van der Waals surface area contributed by atoms with E-state index in [1.807, 2.05) is 92.0 Å². The van der Waals surface area contributed by atoms with E-state index in [0.29, 0.717) is 33.8 Å². The summed E-state index contributed by atoms with van der Waals surface area (Å²) >= 11 is 0. The first-order valence-electron chi connectivity index (χ1n) is 12.9. The summed E-state index contributed by atoms with van der Waals surface area (Å²) in [6.07, 6.45) is 4.05. The molecule has 1 spiro atoms. The number of carbonyl (C=O) groups is 2. The molecule has 2 heterocycles. The summed E-state index contributed by atoms with van der Waals surface area (Å²) in [5.41, 5.74) is 3.85. The largest absolute Gasteiger partial charge is 0.493 e. The van der Waals surface area contributed by atoms with E-state index in [4.69, 9.17) is 9.47 Å². The Bertz CT molecular complexity index is 1640.